The molecule has 0 bridgehead atoms. The standard InChI is InChI=1S/C17H20N6O3/c1-20(2)15-7-8-16(19-18-15)21-9-11-22(12-10-21)17(24)13-5-3-4-6-14(13)23(25)26/h3-8H,9-12H2,1-2H3. The summed E-state index contributed by atoms with van der Waals surface area (Å²) < 4.78 is 0. The van der Waals surface area contributed by atoms with Crippen LogP contribution in [0.4, 0.5) is 17.3 Å². The van der Waals surface area contributed by atoms with E-state index in [2.05, 4.69) is 15.1 Å². The third-order valence-electron chi connectivity index (χ3n) is 4.32. The Morgan fingerprint density at radius 3 is 2.35 bits per heavy atom. The van der Waals surface area contributed by atoms with E-state index in [1.165, 1.54) is 12.1 Å². The molecule has 1 aliphatic rings. The number of carbonyl (C=O) groups is 1. The number of piperazine rings is 1. The number of nitrogens with zero attached hydrogens (tertiary/aromatic N) is 6. The highest BCUT2D eigenvalue weighted by atomic mass is 16.6. The lowest BCUT2D eigenvalue weighted by Gasteiger charge is -2.35. The SMILES string of the molecule is CN(C)c1ccc(N2CCN(C(=O)c3ccccc3[N+](=O)[O-])CC2)nn1. The lowest BCUT2D eigenvalue weighted by molar-refractivity contribution is -0.385. The molecule has 0 radical (unpaired) electrons. The molecular weight excluding hydrogens is 336 g/mol. The van der Waals surface area contributed by atoms with Crippen LogP contribution in [-0.4, -0.2) is 66.2 Å². The number of aromatic nitrogens is 2. The number of anilines is 2. The van der Waals surface area contributed by atoms with E-state index in [9.17, 15) is 14.9 Å². The van der Waals surface area contributed by atoms with Crippen LogP contribution in [0.2, 0.25) is 0 Å². The summed E-state index contributed by atoms with van der Waals surface area (Å²) in [6.07, 6.45) is 0. The number of hydrogen-bond acceptors (Lipinski definition) is 7. The van der Waals surface area contributed by atoms with Crippen molar-refractivity contribution in [1.29, 1.82) is 0 Å². The van der Waals surface area contributed by atoms with Crippen LogP contribution in [-0.2, 0) is 0 Å². The molecule has 3 rings (SSSR count). The topological polar surface area (TPSA) is 95.7 Å². The lowest BCUT2D eigenvalue weighted by atomic mass is 10.1. The first-order valence-corrected chi connectivity index (χ1v) is 8.26. The summed E-state index contributed by atoms with van der Waals surface area (Å²) in [7, 11) is 3.80. The van der Waals surface area contributed by atoms with E-state index in [4.69, 9.17) is 0 Å². The number of hydrogen-bond donors (Lipinski definition) is 0. The largest absolute Gasteiger partial charge is 0.361 e. The lowest BCUT2D eigenvalue weighted by Crippen LogP contribution is -2.49. The minimum Gasteiger partial charge on any atom is -0.361 e. The average Bonchev–Trinajstić information content (AvgIpc) is 2.67. The van der Waals surface area contributed by atoms with Gasteiger partial charge in [0, 0.05) is 46.3 Å². The van der Waals surface area contributed by atoms with E-state index in [1.807, 2.05) is 31.1 Å². The zero-order valence-corrected chi connectivity index (χ0v) is 14.7. The summed E-state index contributed by atoms with van der Waals surface area (Å²) in [6, 6.07) is 9.85. The molecule has 136 valence electrons. The minimum absolute atomic E-state index is 0.126. The molecule has 1 aromatic heterocycles. The fourth-order valence-corrected chi connectivity index (χ4v) is 2.85. The Morgan fingerprint density at radius 2 is 1.77 bits per heavy atom. The highest BCUT2D eigenvalue weighted by Crippen LogP contribution is 2.21. The van der Waals surface area contributed by atoms with Crippen molar-refractivity contribution in [3.63, 3.8) is 0 Å². The first-order valence-electron chi connectivity index (χ1n) is 8.26. The molecule has 0 aliphatic carbocycles. The molecule has 0 saturated carbocycles. The zero-order valence-electron chi connectivity index (χ0n) is 14.7. The maximum atomic E-state index is 12.7. The quantitative estimate of drug-likeness (QED) is 0.604. The van der Waals surface area contributed by atoms with Crippen molar-refractivity contribution in [2.45, 2.75) is 0 Å². The van der Waals surface area contributed by atoms with Crippen molar-refractivity contribution in [1.82, 2.24) is 15.1 Å². The Kier molecular flexibility index (Phi) is 4.97. The van der Waals surface area contributed by atoms with Gasteiger partial charge >= 0.3 is 0 Å². The summed E-state index contributed by atoms with van der Waals surface area (Å²) in [5.41, 5.74) is -0.0360. The smallest absolute Gasteiger partial charge is 0.282 e. The van der Waals surface area contributed by atoms with Gasteiger partial charge in [-0.3, -0.25) is 14.9 Å². The fourth-order valence-electron chi connectivity index (χ4n) is 2.85. The van der Waals surface area contributed by atoms with E-state index in [0.29, 0.717) is 26.2 Å². The number of carbonyl (C=O) groups excluding carboxylic acids is 1. The Hall–Kier alpha value is -3.23. The van der Waals surface area contributed by atoms with Gasteiger partial charge in [0.1, 0.15) is 5.56 Å². The van der Waals surface area contributed by atoms with E-state index in [1.54, 1.807) is 17.0 Å². The molecule has 9 nitrogen and oxygen atoms in total. The molecule has 0 N–H and O–H groups in total. The van der Waals surface area contributed by atoms with Crippen LogP contribution >= 0.6 is 0 Å². The highest BCUT2D eigenvalue weighted by Gasteiger charge is 2.27. The number of nitro groups is 1. The minimum atomic E-state index is -0.522. The van der Waals surface area contributed by atoms with Crippen molar-refractivity contribution in [3.8, 4) is 0 Å². The van der Waals surface area contributed by atoms with Gasteiger partial charge in [-0.05, 0) is 18.2 Å². The number of amides is 1. The van der Waals surface area contributed by atoms with Crippen molar-refractivity contribution in [2.75, 3.05) is 50.1 Å². The molecule has 0 atom stereocenters. The van der Waals surface area contributed by atoms with Gasteiger partial charge in [0.25, 0.3) is 11.6 Å². The van der Waals surface area contributed by atoms with Crippen molar-refractivity contribution in [3.05, 3.63) is 52.1 Å². The van der Waals surface area contributed by atoms with Gasteiger partial charge in [-0.2, -0.15) is 0 Å². The second-order valence-corrected chi connectivity index (χ2v) is 6.20. The fraction of sp³-hybridized carbons (Fsp3) is 0.353. The monoisotopic (exact) mass is 356 g/mol. The van der Waals surface area contributed by atoms with Gasteiger partial charge < -0.3 is 14.7 Å². The Bertz CT molecular complexity index is 800. The summed E-state index contributed by atoms with van der Waals surface area (Å²) >= 11 is 0. The number of para-hydroxylation sites is 1. The van der Waals surface area contributed by atoms with Crippen LogP contribution in [0.15, 0.2) is 36.4 Å². The summed E-state index contributed by atoms with van der Waals surface area (Å²) in [4.78, 5) is 28.8. The Morgan fingerprint density at radius 1 is 1.08 bits per heavy atom. The van der Waals surface area contributed by atoms with Crippen molar-refractivity contribution < 1.29 is 9.72 Å². The molecule has 2 aromatic rings. The second-order valence-electron chi connectivity index (χ2n) is 6.20. The van der Waals surface area contributed by atoms with Crippen molar-refractivity contribution in [2.24, 2.45) is 0 Å². The van der Waals surface area contributed by atoms with Crippen molar-refractivity contribution >= 4 is 23.2 Å². The predicted molar refractivity (Wildman–Crippen MR) is 97.6 cm³/mol. The predicted octanol–water partition coefficient (Wildman–Crippen LogP) is 1.41. The van der Waals surface area contributed by atoms with Crippen LogP contribution in [0, 0.1) is 10.1 Å². The maximum Gasteiger partial charge on any atom is 0.282 e. The van der Waals surface area contributed by atoms with Crippen LogP contribution in [0.1, 0.15) is 10.4 Å². The van der Waals surface area contributed by atoms with Crippen LogP contribution in [0.3, 0.4) is 0 Å². The number of nitro benzene ring substituents is 1. The molecular formula is C17H20N6O3. The molecule has 26 heavy (non-hydrogen) atoms. The third kappa shape index (κ3) is 3.56. The highest BCUT2D eigenvalue weighted by molar-refractivity contribution is 5.98. The molecule has 1 aromatic carbocycles. The number of rotatable bonds is 4. The van der Waals surface area contributed by atoms with Crippen LogP contribution in [0.5, 0.6) is 0 Å². The summed E-state index contributed by atoms with van der Waals surface area (Å²) in [6.45, 7) is 2.15. The van der Waals surface area contributed by atoms with Gasteiger partial charge in [0.15, 0.2) is 11.6 Å². The van der Waals surface area contributed by atoms with E-state index < -0.39 is 4.92 Å². The van der Waals surface area contributed by atoms with E-state index >= 15 is 0 Å². The molecule has 1 fully saturated rings. The van der Waals surface area contributed by atoms with E-state index in [-0.39, 0.29) is 17.2 Å². The Labute approximate surface area is 151 Å². The summed E-state index contributed by atoms with van der Waals surface area (Å²) in [5, 5.41) is 19.5. The van der Waals surface area contributed by atoms with Gasteiger partial charge in [0.05, 0.1) is 4.92 Å². The van der Waals surface area contributed by atoms with Crippen LogP contribution < -0.4 is 9.80 Å². The van der Waals surface area contributed by atoms with Crippen LogP contribution in [0.25, 0.3) is 0 Å². The molecule has 1 aliphatic heterocycles. The normalized spacial score (nSPS) is 14.2. The molecule has 0 spiro atoms. The molecule has 1 amide bonds. The second kappa shape index (κ2) is 7.34. The average molecular weight is 356 g/mol. The molecule has 9 heteroatoms. The molecule has 2 heterocycles. The maximum absolute atomic E-state index is 12.7. The van der Waals surface area contributed by atoms with Gasteiger partial charge in [-0.25, -0.2) is 0 Å². The molecule has 0 unspecified atom stereocenters. The first-order chi connectivity index (χ1) is 12.5. The van der Waals surface area contributed by atoms with Gasteiger partial charge in [0.2, 0.25) is 0 Å². The zero-order chi connectivity index (χ0) is 18.7. The Balaban J connectivity index is 1.67. The van der Waals surface area contributed by atoms with Gasteiger partial charge in [-0.15, -0.1) is 10.2 Å². The molecule has 1 saturated heterocycles. The van der Waals surface area contributed by atoms with Gasteiger partial charge in [-0.1, -0.05) is 12.1 Å². The third-order valence-corrected chi connectivity index (χ3v) is 4.32. The summed E-state index contributed by atoms with van der Waals surface area (Å²) in [5.74, 6) is 1.22. The number of benzene rings is 1. The van der Waals surface area contributed by atoms with E-state index in [0.717, 1.165) is 11.6 Å². The first kappa shape index (κ1) is 17.6.